The zero-order chi connectivity index (χ0) is 16.0. The minimum atomic E-state index is -1.35. The first-order valence-corrected chi connectivity index (χ1v) is 7.57. The molecule has 1 aliphatic rings. The van der Waals surface area contributed by atoms with Crippen molar-refractivity contribution in [3.63, 3.8) is 0 Å². The van der Waals surface area contributed by atoms with Gasteiger partial charge in [0.25, 0.3) is 0 Å². The molecule has 0 aliphatic heterocycles. The van der Waals surface area contributed by atoms with Crippen molar-refractivity contribution in [3.05, 3.63) is 0 Å². The maximum absolute atomic E-state index is 11.9. The van der Waals surface area contributed by atoms with Crippen LogP contribution < -0.4 is 10.6 Å². The van der Waals surface area contributed by atoms with E-state index in [4.69, 9.17) is 5.11 Å². The number of amides is 2. The lowest BCUT2D eigenvalue weighted by Gasteiger charge is -2.25. The lowest BCUT2D eigenvalue weighted by atomic mass is 9.87. The fourth-order valence-corrected chi connectivity index (χ4v) is 2.49. The average molecular weight is 298 g/mol. The second-order valence-corrected chi connectivity index (χ2v) is 6.42. The van der Waals surface area contributed by atoms with Gasteiger partial charge in [-0.15, -0.1) is 0 Å². The normalized spacial score (nSPS) is 17.9. The van der Waals surface area contributed by atoms with E-state index in [9.17, 15) is 14.4 Å². The second-order valence-electron chi connectivity index (χ2n) is 6.42. The summed E-state index contributed by atoms with van der Waals surface area (Å²) in [4.78, 5) is 34.8. The van der Waals surface area contributed by atoms with Crippen molar-refractivity contribution >= 4 is 17.8 Å². The second kappa shape index (κ2) is 7.43. The molecular formula is C15H26N2O4. The van der Waals surface area contributed by atoms with Gasteiger partial charge in [-0.3, -0.25) is 9.59 Å². The summed E-state index contributed by atoms with van der Waals surface area (Å²) in [6.07, 6.45) is 6.16. The number of carboxylic acid groups (broad SMARTS) is 1. The Morgan fingerprint density at radius 1 is 1.19 bits per heavy atom. The monoisotopic (exact) mass is 298 g/mol. The Kier molecular flexibility index (Phi) is 6.18. The Bertz CT molecular complexity index is 400. The minimum Gasteiger partial charge on any atom is -0.480 e. The van der Waals surface area contributed by atoms with E-state index in [1.165, 1.54) is 33.1 Å². The molecule has 1 rings (SSSR count). The number of carboxylic acids is 1. The molecule has 0 radical (unpaired) electrons. The molecule has 1 unspecified atom stereocenters. The van der Waals surface area contributed by atoms with Crippen molar-refractivity contribution in [1.82, 2.24) is 10.6 Å². The third-order valence-electron chi connectivity index (χ3n) is 3.94. The molecule has 6 heteroatoms. The van der Waals surface area contributed by atoms with Gasteiger partial charge in [0.1, 0.15) is 11.6 Å². The first-order valence-electron chi connectivity index (χ1n) is 7.57. The number of nitrogens with one attached hydrogen (secondary N) is 2. The number of aliphatic carboxylic acids is 1. The van der Waals surface area contributed by atoms with Gasteiger partial charge in [-0.1, -0.05) is 19.3 Å². The summed E-state index contributed by atoms with van der Waals surface area (Å²) in [7, 11) is 0. The van der Waals surface area contributed by atoms with Crippen molar-refractivity contribution in [1.29, 1.82) is 0 Å². The highest BCUT2D eigenvalue weighted by Crippen LogP contribution is 2.26. The number of rotatable bonds is 6. The molecule has 21 heavy (non-hydrogen) atoms. The van der Waals surface area contributed by atoms with Crippen LogP contribution in [0.1, 0.15) is 59.3 Å². The fraction of sp³-hybridized carbons (Fsp3) is 0.800. The largest absolute Gasteiger partial charge is 0.480 e. The molecule has 0 heterocycles. The molecule has 1 fully saturated rings. The summed E-state index contributed by atoms with van der Waals surface area (Å²) < 4.78 is 0. The molecule has 0 aromatic heterocycles. The smallest absolute Gasteiger partial charge is 0.328 e. The van der Waals surface area contributed by atoms with Gasteiger partial charge in [-0.25, -0.2) is 4.79 Å². The summed E-state index contributed by atoms with van der Waals surface area (Å²) >= 11 is 0. The Morgan fingerprint density at radius 2 is 1.76 bits per heavy atom. The van der Waals surface area contributed by atoms with Crippen LogP contribution in [0.25, 0.3) is 0 Å². The summed E-state index contributed by atoms with van der Waals surface area (Å²) in [6.45, 7) is 4.37. The van der Waals surface area contributed by atoms with Gasteiger partial charge in [0, 0.05) is 6.42 Å². The Labute approximate surface area is 125 Å². The van der Waals surface area contributed by atoms with Crippen LogP contribution in [0.3, 0.4) is 0 Å². The highest BCUT2D eigenvalue weighted by molar-refractivity contribution is 5.91. The summed E-state index contributed by atoms with van der Waals surface area (Å²) in [5.41, 5.74) is -1.35. The third-order valence-corrected chi connectivity index (χ3v) is 3.94. The first kappa shape index (κ1) is 17.5. The molecule has 6 nitrogen and oxygen atoms in total. The van der Waals surface area contributed by atoms with Crippen molar-refractivity contribution in [2.75, 3.05) is 0 Å². The van der Waals surface area contributed by atoms with Gasteiger partial charge in [-0.05, 0) is 39.5 Å². The molecular weight excluding hydrogens is 272 g/mol. The number of hydrogen-bond acceptors (Lipinski definition) is 3. The van der Waals surface area contributed by atoms with E-state index in [-0.39, 0.29) is 5.91 Å². The molecule has 0 bridgehead atoms. The van der Waals surface area contributed by atoms with E-state index < -0.39 is 23.5 Å². The lowest BCUT2D eigenvalue weighted by Crippen LogP contribution is -2.55. The van der Waals surface area contributed by atoms with E-state index in [2.05, 4.69) is 10.6 Å². The van der Waals surface area contributed by atoms with Crippen molar-refractivity contribution in [3.8, 4) is 0 Å². The summed E-state index contributed by atoms with van der Waals surface area (Å²) in [5.74, 6) is -1.34. The molecule has 3 N–H and O–H groups in total. The molecule has 1 aliphatic carbocycles. The van der Waals surface area contributed by atoms with Crippen molar-refractivity contribution < 1.29 is 19.5 Å². The SMILES string of the molecule is CC(NC(=O)CC1CCCCC1)C(=O)NC(C)(C)C(=O)O. The molecule has 0 aromatic rings. The highest BCUT2D eigenvalue weighted by atomic mass is 16.4. The van der Waals surface area contributed by atoms with Gasteiger partial charge < -0.3 is 15.7 Å². The van der Waals surface area contributed by atoms with Crippen molar-refractivity contribution in [2.45, 2.75) is 70.9 Å². The van der Waals surface area contributed by atoms with Crippen LogP contribution >= 0.6 is 0 Å². The van der Waals surface area contributed by atoms with E-state index in [1.807, 2.05) is 0 Å². The molecule has 0 saturated heterocycles. The van der Waals surface area contributed by atoms with Crippen molar-refractivity contribution in [2.24, 2.45) is 5.92 Å². The van der Waals surface area contributed by atoms with Gasteiger partial charge in [0.2, 0.25) is 11.8 Å². The van der Waals surface area contributed by atoms with E-state index in [0.29, 0.717) is 12.3 Å². The first-order chi connectivity index (χ1) is 9.72. The number of carbonyl (C=O) groups excluding carboxylic acids is 2. The summed E-state index contributed by atoms with van der Waals surface area (Å²) in [5, 5.41) is 14.0. The van der Waals surface area contributed by atoms with Crippen LogP contribution in [0, 0.1) is 5.92 Å². The van der Waals surface area contributed by atoms with Crippen LogP contribution in [-0.4, -0.2) is 34.5 Å². The average Bonchev–Trinajstić information content (AvgIpc) is 2.38. The van der Waals surface area contributed by atoms with Crippen LogP contribution in [0.2, 0.25) is 0 Å². The maximum atomic E-state index is 11.9. The standard InChI is InChI=1S/C15H26N2O4/c1-10(13(19)17-15(2,3)14(20)21)16-12(18)9-11-7-5-4-6-8-11/h10-11H,4-9H2,1-3H3,(H,16,18)(H,17,19)(H,20,21). The van der Waals surface area contributed by atoms with Crippen LogP contribution in [0.4, 0.5) is 0 Å². The molecule has 0 aromatic carbocycles. The number of hydrogen-bond donors (Lipinski definition) is 3. The predicted octanol–water partition coefficient (Wildman–Crippen LogP) is 1.44. The predicted molar refractivity (Wildman–Crippen MR) is 78.7 cm³/mol. The quantitative estimate of drug-likeness (QED) is 0.691. The van der Waals surface area contributed by atoms with E-state index >= 15 is 0 Å². The van der Waals surface area contributed by atoms with E-state index in [0.717, 1.165) is 12.8 Å². The molecule has 0 spiro atoms. The van der Waals surface area contributed by atoms with Crippen LogP contribution in [0.15, 0.2) is 0 Å². The molecule has 1 atom stereocenters. The zero-order valence-electron chi connectivity index (χ0n) is 13.1. The van der Waals surface area contributed by atoms with Gasteiger partial charge >= 0.3 is 5.97 Å². The number of carbonyl (C=O) groups is 3. The molecule has 2 amide bonds. The van der Waals surface area contributed by atoms with Gasteiger partial charge in [-0.2, -0.15) is 0 Å². The molecule has 120 valence electrons. The van der Waals surface area contributed by atoms with E-state index in [1.54, 1.807) is 6.92 Å². The molecule has 1 saturated carbocycles. The van der Waals surface area contributed by atoms with Crippen LogP contribution in [0.5, 0.6) is 0 Å². The van der Waals surface area contributed by atoms with Gasteiger partial charge in [0.15, 0.2) is 0 Å². The highest BCUT2D eigenvalue weighted by Gasteiger charge is 2.31. The Balaban J connectivity index is 2.40. The fourth-order valence-electron chi connectivity index (χ4n) is 2.49. The summed E-state index contributed by atoms with van der Waals surface area (Å²) in [6, 6.07) is -0.736. The third kappa shape index (κ3) is 5.73. The maximum Gasteiger partial charge on any atom is 0.328 e. The van der Waals surface area contributed by atoms with Crippen LogP contribution in [-0.2, 0) is 14.4 Å². The lowest BCUT2D eigenvalue weighted by molar-refractivity contribution is -0.146. The van der Waals surface area contributed by atoms with Gasteiger partial charge in [0.05, 0.1) is 0 Å². The Hall–Kier alpha value is -1.59. The Morgan fingerprint density at radius 3 is 2.29 bits per heavy atom. The topological polar surface area (TPSA) is 95.5 Å². The minimum absolute atomic E-state index is 0.141. The zero-order valence-corrected chi connectivity index (χ0v) is 13.1.